The quantitative estimate of drug-likeness (QED) is 0.806. The third kappa shape index (κ3) is 3.67. The molecule has 0 amide bonds. The van der Waals surface area contributed by atoms with Crippen molar-refractivity contribution in [2.75, 3.05) is 6.61 Å². The molecule has 3 nitrogen and oxygen atoms in total. The van der Waals surface area contributed by atoms with Crippen LogP contribution in [-0.2, 0) is 11.3 Å². The fourth-order valence-electron chi connectivity index (χ4n) is 2.13. The van der Waals surface area contributed by atoms with E-state index in [1.807, 2.05) is 25.1 Å². The van der Waals surface area contributed by atoms with Crippen LogP contribution < -0.4 is 5.43 Å². The maximum absolute atomic E-state index is 12.0. The van der Waals surface area contributed by atoms with Gasteiger partial charge in [-0.1, -0.05) is 31.4 Å². The van der Waals surface area contributed by atoms with E-state index in [9.17, 15) is 4.79 Å². The Balaban J connectivity index is 2.08. The summed E-state index contributed by atoms with van der Waals surface area (Å²) in [6.45, 7) is 5.39. The Kier molecular flexibility index (Phi) is 4.74. The molecule has 1 N–H and O–H groups in total. The molecule has 0 radical (unpaired) electrons. The number of pyridine rings is 1. The molecule has 0 atom stereocenters. The number of rotatable bonds is 6. The Labute approximate surface area is 113 Å². The second-order valence-electron chi connectivity index (χ2n) is 4.97. The Hall–Kier alpha value is -1.61. The predicted octanol–water partition coefficient (Wildman–Crippen LogP) is 3.54. The fourth-order valence-corrected chi connectivity index (χ4v) is 2.13. The molecule has 2 rings (SSSR count). The summed E-state index contributed by atoms with van der Waals surface area (Å²) in [5.41, 5.74) is 2.88. The number of nitrogens with one attached hydrogen (secondary N) is 1. The topological polar surface area (TPSA) is 42.1 Å². The van der Waals surface area contributed by atoms with Crippen molar-refractivity contribution in [2.45, 2.75) is 39.7 Å². The normalized spacial score (nSPS) is 11.1. The number of hydrogen-bond donors (Lipinski definition) is 1. The Morgan fingerprint density at radius 2 is 2.05 bits per heavy atom. The molecule has 0 unspecified atom stereocenters. The summed E-state index contributed by atoms with van der Waals surface area (Å²) < 4.78 is 5.58. The minimum Gasteiger partial charge on any atom is -0.375 e. The number of aryl methyl sites for hydroxylation is 1. The van der Waals surface area contributed by atoms with Crippen molar-refractivity contribution in [3.05, 3.63) is 45.7 Å². The van der Waals surface area contributed by atoms with E-state index < -0.39 is 0 Å². The number of unbranched alkanes of at least 4 members (excludes halogenated alkanes) is 2. The standard InChI is InChI=1S/C16H21NO2/c1-3-4-5-8-19-11-13-10-16(18)14-9-12(2)6-7-15(14)17-13/h6-7,9-10H,3-5,8,11H2,1-2H3,(H,17,18). The number of hydrogen-bond acceptors (Lipinski definition) is 2. The first-order valence-electron chi connectivity index (χ1n) is 6.91. The monoisotopic (exact) mass is 259 g/mol. The minimum atomic E-state index is 0.0598. The molecular formula is C16H21NO2. The Bertz CT molecular complexity index is 601. The summed E-state index contributed by atoms with van der Waals surface area (Å²) in [7, 11) is 0. The highest BCUT2D eigenvalue weighted by Crippen LogP contribution is 2.11. The predicted molar refractivity (Wildman–Crippen MR) is 78.5 cm³/mol. The highest BCUT2D eigenvalue weighted by Gasteiger charge is 2.02. The summed E-state index contributed by atoms with van der Waals surface area (Å²) in [6.07, 6.45) is 3.45. The zero-order valence-electron chi connectivity index (χ0n) is 11.7. The van der Waals surface area contributed by atoms with Crippen molar-refractivity contribution in [3.8, 4) is 0 Å². The molecule has 1 heterocycles. The van der Waals surface area contributed by atoms with Gasteiger partial charge >= 0.3 is 0 Å². The van der Waals surface area contributed by atoms with Crippen molar-refractivity contribution in [1.82, 2.24) is 4.98 Å². The van der Waals surface area contributed by atoms with E-state index in [2.05, 4.69) is 11.9 Å². The Morgan fingerprint density at radius 1 is 1.21 bits per heavy atom. The van der Waals surface area contributed by atoms with Crippen LogP contribution in [-0.4, -0.2) is 11.6 Å². The van der Waals surface area contributed by atoms with Gasteiger partial charge in [-0.15, -0.1) is 0 Å². The molecule has 0 bridgehead atoms. The van der Waals surface area contributed by atoms with Crippen LogP contribution in [0.3, 0.4) is 0 Å². The highest BCUT2D eigenvalue weighted by molar-refractivity contribution is 5.79. The van der Waals surface area contributed by atoms with Gasteiger partial charge in [0.1, 0.15) is 0 Å². The average Bonchev–Trinajstić information content (AvgIpc) is 2.39. The molecule has 3 heteroatoms. The summed E-state index contributed by atoms with van der Waals surface area (Å²) in [5, 5.41) is 0.745. The van der Waals surface area contributed by atoms with Gasteiger partial charge in [0.05, 0.1) is 6.61 Å². The van der Waals surface area contributed by atoms with Crippen molar-refractivity contribution in [2.24, 2.45) is 0 Å². The van der Waals surface area contributed by atoms with Gasteiger partial charge < -0.3 is 9.72 Å². The van der Waals surface area contributed by atoms with Crippen LogP contribution in [0.4, 0.5) is 0 Å². The van der Waals surface area contributed by atoms with Gasteiger partial charge in [0.2, 0.25) is 0 Å². The van der Waals surface area contributed by atoms with E-state index in [0.29, 0.717) is 6.61 Å². The van der Waals surface area contributed by atoms with Gasteiger partial charge in [-0.05, 0) is 25.5 Å². The Morgan fingerprint density at radius 3 is 2.84 bits per heavy atom. The van der Waals surface area contributed by atoms with Crippen molar-refractivity contribution in [3.63, 3.8) is 0 Å². The number of ether oxygens (including phenoxy) is 1. The van der Waals surface area contributed by atoms with E-state index in [1.165, 1.54) is 12.8 Å². The van der Waals surface area contributed by atoms with Gasteiger partial charge in [-0.3, -0.25) is 4.79 Å². The first-order valence-corrected chi connectivity index (χ1v) is 6.91. The van der Waals surface area contributed by atoms with Crippen LogP contribution in [0.25, 0.3) is 10.9 Å². The van der Waals surface area contributed by atoms with E-state index in [-0.39, 0.29) is 5.43 Å². The maximum atomic E-state index is 12.0. The third-order valence-electron chi connectivity index (χ3n) is 3.19. The van der Waals surface area contributed by atoms with E-state index in [0.717, 1.165) is 35.2 Å². The molecule has 0 aliphatic rings. The second-order valence-corrected chi connectivity index (χ2v) is 4.97. The van der Waals surface area contributed by atoms with Crippen LogP contribution >= 0.6 is 0 Å². The molecule has 0 fully saturated rings. The SMILES string of the molecule is CCCCCOCc1cc(=O)c2cc(C)ccc2[nH]1. The molecule has 0 aliphatic heterocycles. The van der Waals surface area contributed by atoms with Gasteiger partial charge in [0, 0.05) is 29.3 Å². The molecule has 0 aliphatic carbocycles. The summed E-state index contributed by atoms with van der Waals surface area (Å²) in [6, 6.07) is 7.51. The lowest BCUT2D eigenvalue weighted by molar-refractivity contribution is 0.114. The lowest BCUT2D eigenvalue weighted by Gasteiger charge is -2.06. The molecule has 1 aromatic heterocycles. The van der Waals surface area contributed by atoms with Gasteiger partial charge in [-0.2, -0.15) is 0 Å². The lowest BCUT2D eigenvalue weighted by atomic mass is 10.1. The number of benzene rings is 1. The first-order chi connectivity index (χ1) is 9.20. The molecule has 0 saturated carbocycles. The summed E-state index contributed by atoms with van der Waals surface area (Å²) in [4.78, 5) is 15.3. The zero-order chi connectivity index (χ0) is 13.7. The third-order valence-corrected chi connectivity index (χ3v) is 3.19. The van der Waals surface area contributed by atoms with Crippen molar-refractivity contribution < 1.29 is 4.74 Å². The molecule has 2 aromatic rings. The molecule has 1 aromatic carbocycles. The average molecular weight is 259 g/mol. The second kappa shape index (κ2) is 6.53. The van der Waals surface area contributed by atoms with Gasteiger partial charge in [-0.25, -0.2) is 0 Å². The maximum Gasteiger partial charge on any atom is 0.189 e. The van der Waals surface area contributed by atoms with Crippen LogP contribution in [0.15, 0.2) is 29.1 Å². The minimum absolute atomic E-state index is 0.0598. The number of H-pyrrole nitrogens is 1. The van der Waals surface area contributed by atoms with Crippen molar-refractivity contribution >= 4 is 10.9 Å². The van der Waals surface area contributed by atoms with Crippen LogP contribution in [0.1, 0.15) is 37.4 Å². The van der Waals surface area contributed by atoms with Crippen LogP contribution in [0, 0.1) is 6.92 Å². The number of aromatic nitrogens is 1. The zero-order valence-corrected chi connectivity index (χ0v) is 11.7. The number of aromatic amines is 1. The summed E-state index contributed by atoms with van der Waals surface area (Å²) >= 11 is 0. The first kappa shape index (κ1) is 13.8. The number of fused-ring (bicyclic) bond motifs is 1. The van der Waals surface area contributed by atoms with Gasteiger partial charge in [0.25, 0.3) is 0 Å². The lowest BCUT2D eigenvalue weighted by Crippen LogP contribution is -2.07. The smallest absolute Gasteiger partial charge is 0.189 e. The van der Waals surface area contributed by atoms with Crippen LogP contribution in [0.5, 0.6) is 0 Å². The molecular weight excluding hydrogens is 238 g/mol. The molecule has 0 saturated heterocycles. The fraction of sp³-hybridized carbons (Fsp3) is 0.438. The van der Waals surface area contributed by atoms with E-state index in [4.69, 9.17) is 4.74 Å². The van der Waals surface area contributed by atoms with Gasteiger partial charge in [0.15, 0.2) is 5.43 Å². The largest absolute Gasteiger partial charge is 0.375 e. The van der Waals surface area contributed by atoms with E-state index in [1.54, 1.807) is 6.07 Å². The summed E-state index contributed by atoms with van der Waals surface area (Å²) in [5.74, 6) is 0. The molecule has 0 spiro atoms. The highest BCUT2D eigenvalue weighted by atomic mass is 16.5. The van der Waals surface area contributed by atoms with E-state index >= 15 is 0 Å². The van der Waals surface area contributed by atoms with Crippen molar-refractivity contribution in [1.29, 1.82) is 0 Å². The van der Waals surface area contributed by atoms with Crippen LogP contribution in [0.2, 0.25) is 0 Å². The molecule has 19 heavy (non-hydrogen) atoms. The molecule has 102 valence electrons.